The fourth-order valence-corrected chi connectivity index (χ4v) is 5.92. The van der Waals surface area contributed by atoms with Crippen molar-refractivity contribution in [1.82, 2.24) is 9.55 Å². The second-order valence-electron chi connectivity index (χ2n) is 7.08. The number of methoxy groups -OCH3 is 1. The molecule has 6 nitrogen and oxygen atoms in total. The van der Waals surface area contributed by atoms with Crippen LogP contribution in [0.5, 0.6) is 0 Å². The number of halogens is 1. The van der Waals surface area contributed by atoms with Crippen molar-refractivity contribution in [3.05, 3.63) is 50.1 Å². The lowest BCUT2D eigenvalue weighted by Gasteiger charge is -2.13. The number of thioether (sulfide) groups is 1. The van der Waals surface area contributed by atoms with Crippen molar-refractivity contribution in [2.24, 2.45) is 0 Å². The second kappa shape index (κ2) is 9.51. The van der Waals surface area contributed by atoms with E-state index in [1.165, 1.54) is 22.2 Å². The zero-order valence-electron chi connectivity index (χ0n) is 16.6. The molecule has 1 amide bonds. The number of carbonyl (C=O) groups excluding carboxylic acids is 1. The Hall–Kier alpha value is -1.87. The predicted molar refractivity (Wildman–Crippen MR) is 123 cm³/mol. The van der Waals surface area contributed by atoms with Crippen LogP contribution in [-0.4, -0.2) is 34.9 Å². The molecular weight excluding hydrogens is 442 g/mol. The van der Waals surface area contributed by atoms with E-state index in [9.17, 15) is 9.59 Å². The minimum atomic E-state index is -0.180. The van der Waals surface area contributed by atoms with Crippen LogP contribution < -0.4 is 10.9 Å². The third-order valence-electron chi connectivity index (χ3n) is 5.00. The molecule has 4 rings (SSSR count). The van der Waals surface area contributed by atoms with Crippen molar-refractivity contribution in [2.45, 2.75) is 37.4 Å². The molecule has 3 aromatic rings. The highest BCUT2D eigenvalue weighted by Gasteiger charge is 2.22. The van der Waals surface area contributed by atoms with E-state index in [2.05, 4.69) is 5.32 Å². The van der Waals surface area contributed by atoms with Gasteiger partial charge in [-0.1, -0.05) is 29.4 Å². The van der Waals surface area contributed by atoms with Crippen LogP contribution in [0, 0.1) is 0 Å². The maximum Gasteiger partial charge on any atom is 0.263 e. The summed E-state index contributed by atoms with van der Waals surface area (Å²) in [4.78, 5) is 32.6. The van der Waals surface area contributed by atoms with Crippen molar-refractivity contribution in [3.63, 3.8) is 0 Å². The molecule has 9 heteroatoms. The lowest BCUT2D eigenvalue weighted by atomic mass is 9.97. The van der Waals surface area contributed by atoms with Crippen LogP contribution in [0.2, 0.25) is 5.02 Å². The first kappa shape index (κ1) is 21.4. The molecule has 158 valence electrons. The zero-order chi connectivity index (χ0) is 21.1. The molecule has 0 saturated heterocycles. The zero-order valence-corrected chi connectivity index (χ0v) is 19.0. The number of aryl methyl sites for hydroxylation is 2. The standard InChI is InChI=1S/C21H22ClN3O3S2/c1-28-10-9-25-20(27)18-15-7-2-3-8-16(15)30-19(18)24-21(25)29-12-17(26)23-14-6-4-5-13(22)11-14/h4-6,11H,2-3,7-10,12H2,1H3,(H,23,26). The Kier molecular flexibility index (Phi) is 6.77. The topological polar surface area (TPSA) is 73.2 Å². The van der Waals surface area contributed by atoms with Gasteiger partial charge in [0.15, 0.2) is 5.16 Å². The van der Waals surface area contributed by atoms with Crippen molar-refractivity contribution < 1.29 is 9.53 Å². The molecule has 1 aliphatic carbocycles. The SMILES string of the molecule is COCCn1c(SCC(=O)Nc2cccc(Cl)c2)nc2sc3c(c2c1=O)CCCC3. The van der Waals surface area contributed by atoms with Crippen molar-refractivity contribution in [3.8, 4) is 0 Å². The first-order chi connectivity index (χ1) is 14.6. The van der Waals surface area contributed by atoms with Gasteiger partial charge in [-0.25, -0.2) is 4.98 Å². The molecule has 0 aliphatic heterocycles. The van der Waals surface area contributed by atoms with Crippen LogP contribution in [0.4, 0.5) is 5.69 Å². The summed E-state index contributed by atoms with van der Waals surface area (Å²) in [5.41, 5.74) is 1.77. The molecule has 1 aliphatic rings. The third kappa shape index (κ3) is 4.56. The summed E-state index contributed by atoms with van der Waals surface area (Å²) in [5.74, 6) is -0.0388. The molecule has 2 aromatic heterocycles. The van der Waals surface area contributed by atoms with Crippen LogP contribution in [-0.2, 0) is 28.9 Å². The van der Waals surface area contributed by atoms with E-state index >= 15 is 0 Å². The van der Waals surface area contributed by atoms with Gasteiger partial charge < -0.3 is 10.1 Å². The number of thiophene rings is 1. The number of benzene rings is 1. The van der Waals surface area contributed by atoms with Gasteiger partial charge in [-0.2, -0.15) is 0 Å². The maximum atomic E-state index is 13.3. The van der Waals surface area contributed by atoms with Crippen LogP contribution in [0.15, 0.2) is 34.2 Å². The molecule has 0 saturated carbocycles. The molecule has 1 aromatic carbocycles. The van der Waals surface area contributed by atoms with Gasteiger partial charge in [0, 0.05) is 22.7 Å². The van der Waals surface area contributed by atoms with E-state index in [0.29, 0.717) is 29.0 Å². The Balaban J connectivity index is 1.60. The van der Waals surface area contributed by atoms with Crippen molar-refractivity contribution in [2.75, 3.05) is 24.8 Å². The third-order valence-corrected chi connectivity index (χ3v) is 7.40. The van der Waals surface area contributed by atoms with E-state index in [1.807, 2.05) is 0 Å². The molecule has 2 heterocycles. The number of fused-ring (bicyclic) bond motifs is 3. The molecule has 1 N–H and O–H groups in total. The van der Waals surface area contributed by atoms with Gasteiger partial charge >= 0.3 is 0 Å². The number of nitrogens with one attached hydrogen (secondary N) is 1. The quantitative estimate of drug-likeness (QED) is 0.416. The number of carbonyl (C=O) groups is 1. The Morgan fingerprint density at radius 3 is 3.00 bits per heavy atom. The Bertz CT molecular complexity index is 1140. The lowest BCUT2D eigenvalue weighted by Crippen LogP contribution is -2.26. The van der Waals surface area contributed by atoms with E-state index in [4.69, 9.17) is 21.3 Å². The molecule has 0 bridgehead atoms. The van der Waals surface area contributed by atoms with Crippen molar-refractivity contribution in [1.29, 1.82) is 0 Å². The summed E-state index contributed by atoms with van der Waals surface area (Å²) < 4.78 is 6.84. The first-order valence-electron chi connectivity index (χ1n) is 9.79. The number of hydrogen-bond donors (Lipinski definition) is 1. The molecule has 30 heavy (non-hydrogen) atoms. The Morgan fingerprint density at radius 1 is 1.37 bits per heavy atom. The second-order valence-corrected chi connectivity index (χ2v) is 9.54. The first-order valence-corrected chi connectivity index (χ1v) is 12.0. The van der Waals surface area contributed by atoms with Crippen LogP contribution in [0.3, 0.4) is 0 Å². The molecule has 0 radical (unpaired) electrons. The summed E-state index contributed by atoms with van der Waals surface area (Å²) >= 11 is 8.85. The maximum absolute atomic E-state index is 13.3. The monoisotopic (exact) mass is 463 g/mol. The molecule has 0 atom stereocenters. The summed E-state index contributed by atoms with van der Waals surface area (Å²) in [6.45, 7) is 0.808. The Labute approximate surface area is 187 Å². The minimum absolute atomic E-state index is 0.0331. The van der Waals surface area contributed by atoms with Crippen LogP contribution in [0.25, 0.3) is 10.2 Å². The van der Waals surface area contributed by atoms with Crippen LogP contribution >= 0.6 is 34.7 Å². The summed E-state index contributed by atoms with van der Waals surface area (Å²) in [7, 11) is 1.61. The molecular formula is C21H22ClN3O3S2. The number of rotatable bonds is 7. The number of aromatic nitrogens is 2. The predicted octanol–water partition coefficient (Wildman–Crippen LogP) is 4.37. The van der Waals surface area contributed by atoms with E-state index in [-0.39, 0.29) is 17.2 Å². The fraction of sp³-hybridized carbons (Fsp3) is 0.381. The summed E-state index contributed by atoms with van der Waals surface area (Å²) in [6.07, 6.45) is 4.21. The van der Waals surface area contributed by atoms with Gasteiger partial charge in [-0.05, 0) is 49.4 Å². The smallest absolute Gasteiger partial charge is 0.263 e. The number of ether oxygens (including phenoxy) is 1. The van der Waals surface area contributed by atoms with Gasteiger partial charge in [0.05, 0.1) is 24.3 Å². The fourth-order valence-electron chi connectivity index (χ4n) is 3.60. The molecule has 0 spiro atoms. The minimum Gasteiger partial charge on any atom is -0.383 e. The Morgan fingerprint density at radius 2 is 2.20 bits per heavy atom. The van der Waals surface area contributed by atoms with Gasteiger partial charge in [0.1, 0.15) is 4.83 Å². The highest BCUT2D eigenvalue weighted by Crippen LogP contribution is 2.34. The average molecular weight is 464 g/mol. The van der Waals surface area contributed by atoms with E-state index in [1.54, 1.807) is 47.3 Å². The molecule has 0 unspecified atom stereocenters. The normalized spacial score (nSPS) is 13.4. The summed E-state index contributed by atoms with van der Waals surface area (Å²) in [5, 5.41) is 4.68. The van der Waals surface area contributed by atoms with E-state index < -0.39 is 0 Å². The highest BCUT2D eigenvalue weighted by atomic mass is 35.5. The number of anilines is 1. The largest absolute Gasteiger partial charge is 0.383 e. The van der Waals surface area contributed by atoms with Gasteiger partial charge in [0.2, 0.25) is 5.91 Å². The number of amides is 1. The average Bonchev–Trinajstić information content (AvgIpc) is 3.10. The van der Waals surface area contributed by atoms with Crippen LogP contribution in [0.1, 0.15) is 23.3 Å². The molecule has 0 fully saturated rings. The summed E-state index contributed by atoms with van der Waals surface area (Å²) in [6, 6.07) is 7.00. The van der Waals surface area contributed by atoms with E-state index in [0.717, 1.165) is 35.9 Å². The van der Waals surface area contributed by atoms with Gasteiger partial charge in [0.25, 0.3) is 5.56 Å². The number of nitrogens with zero attached hydrogens (tertiary/aromatic N) is 2. The van der Waals surface area contributed by atoms with Gasteiger partial charge in [-0.15, -0.1) is 11.3 Å². The number of hydrogen-bond acceptors (Lipinski definition) is 6. The lowest BCUT2D eigenvalue weighted by molar-refractivity contribution is -0.113. The highest BCUT2D eigenvalue weighted by molar-refractivity contribution is 7.99. The van der Waals surface area contributed by atoms with Gasteiger partial charge in [-0.3, -0.25) is 14.2 Å². The van der Waals surface area contributed by atoms with Crippen molar-refractivity contribution >= 4 is 56.5 Å².